The van der Waals surface area contributed by atoms with Crippen molar-refractivity contribution in [3.05, 3.63) is 35.9 Å². The van der Waals surface area contributed by atoms with Crippen LogP contribution in [0.1, 0.15) is 38.2 Å². The molecule has 0 saturated carbocycles. The van der Waals surface area contributed by atoms with Gasteiger partial charge in [0.15, 0.2) is 0 Å². The number of benzene rings is 1. The van der Waals surface area contributed by atoms with E-state index in [2.05, 4.69) is 61.4 Å². The predicted octanol–water partition coefficient (Wildman–Crippen LogP) is 3.11. The Morgan fingerprint density at radius 2 is 2.05 bits per heavy atom. The molecule has 2 heteroatoms. The van der Waals surface area contributed by atoms with Gasteiger partial charge in [-0.1, -0.05) is 44.2 Å². The zero-order valence-electron chi connectivity index (χ0n) is 12.7. The molecule has 0 bridgehead atoms. The number of hydrogen-bond acceptors (Lipinski definition) is 2. The van der Waals surface area contributed by atoms with Crippen molar-refractivity contribution in [1.29, 1.82) is 0 Å². The van der Waals surface area contributed by atoms with E-state index in [1.54, 1.807) is 0 Å². The van der Waals surface area contributed by atoms with Crippen LogP contribution < -0.4 is 5.32 Å². The topological polar surface area (TPSA) is 15.3 Å². The summed E-state index contributed by atoms with van der Waals surface area (Å²) in [5.41, 5.74) is 1.91. The first-order valence-corrected chi connectivity index (χ1v) is 7.59. The van der Waals surface area contributed by atoms with Gasteiger partial charge in [-0.15, -0.1) is 0 Å². The van der Waals surface area contributed by atoms with E-state index < -0.39 is 0 Å². The van der Waals surface area contributed by atoms with Gasteiger partial charge in [-0.05, 0) is 43.3 Å². The molecule has 1 saturated heterocycles. The van der Waals surface area contributed by atoms with Crippen LogP contribution in [0.15, 0.2) is 30.3 Å². The minimum absolute atomic E-state index is 0.403. The van der Waals surface area contributed by atoms with Gasteiger partial charge in [0.2, 0.25) is 0 Å². The van der Waals surface area contributed by atoms with Crippen molar-refractivity contribution in [3.63, 3.8) is 0 Å². The Bertz CT molecular complexity index is 376. The van der Waals surface area contributed by atoms with Gasteiger partial charge in [0.25, 0.3) is 0 Å². The molecule has 2 unspecified atom stereocenters. The predicted molar refractivity (Wildman–Crippen MR) is 82.6 cm³/mol. The Labute approximate surface area is 118 Å². The molecule has 1 N–H and O–H groups in total. The first kappa shape index (κ1) is 14.5. The summed E-state index contributed by atoms with van der Waals surface area (Å²) in [6.07, 6.45) is 2.55. The Hall–Kier alpha value is -0.860. The molecular formula is C17H28N2. The number of rotatable bonds is 6. The van der Waals surface area contributed by atoms with E-state index in [1.807, 2.05) is 0 Å². The normalized spacial score (nSPS) is 23.4. The van der Waals surface area contributed by atoms with Gasteiger partial charge in [-0.2, -0.15) is 0 Å². The van der Waals surface area contributed by atoms with Crippen molar-refractivity contribution in [2.45, 2.75) is 32.6 Å². The fourth-order valence-electron chi connectivity index (χ4n) is 3.23. The van der Waals surface area contributed by atoms with Crippen LogP contribution in [0.5, 0.6) is 0 Å². The molecule has 2 nitrogen and oxygen atoms in total. The third kappa shape index (κ3) is 3.80. The van der Waals surface area contributed by atoms with Crippen molar-refractivity contribution in [2.75, 3.05) is 33.2 Å². The molecule has 19 heavy (non-hydrogen) atoms. The van der Waals surface area contributed by atoms with Crippen molar-refractivity contribution < 1.29 is 0 Å². The van der Waals surface area contributed by atoms with Gasteiger partial charge in [-0.3, -0.25) is 0 Å². The van der Waals surface area contributed by atoms with E-state index in [1.165, 1.54) is 38.0 Å². The van der Waals surface area contributed by atoms with Crippen LogP contribution in [-0.4, -0.2) is 38.1 Å². The summed E-state index contributed by atoms with van der Waals surface area (Å²) >= 11 is 0. The lowest BCUT2D eigenvalue weighted by Crippen LogP contribution is -2.40. The van der Waals surface area contributed by atoms with E-state index in [0.717, 1.165) is 12.5 Å². The van der Waals surface area contributed by atoms with Crippen LogP contribution in [0.3, 0.4) is 0 Å². The Kier molecular flexibility index (Phi) is 5.00. The van der Waals surface area contributed by atoms with E-state index in [-0.39, 0.29) is 0 Å². The largest absolute Gasteiger partial charge is 0.319 e. The molecule has 0 radical (unpaired) electrons. The molecule has 1 aliphatic rings. The zero-order chi connectivity index (χ0) is 13.7. The van der Waals surface area contributed by atoms with Crippen molar-refractivity contribution in [1.82, 2.24) is 10.2 Å². The lowest BCUT2D eigenvalue weighted by molar-refractivity contribution is 0.181. The number of hydrogen-bond donors (Lipinski definition) is 1. The summed E-state index contributed by atoms with van der Waals surface area (Å²) in [7, 11) is 2.06. The maximum Gasteiger partial charge on any atom is 0.00510 e. The van der Waals surface area contributed by atoms with Gasteiger partial charge in [0, 0.05) is 19.6 Å². The van der Waals surface area contributed by atoms with Crippen LogP contribution >= 0.6 is 0 Å². The highest BCUT2D eigenvalue weighted by Gasteiger charge is 2.30. The molecule has 1 aliphatic heterocycles. The average Bonchev–Trinajstić information content (AvgIpc) is 2.88. The summed E-state index contributed by atoms with van der Waals surface area (Å²) in [6.45, 7) is 9.51. The van der Waals surface area contributed by atoms with Crippen molar-refractivity contribution in [2.24, 2.45) is 5.41 Å². The van der Waals surface area contributed by atoms with Gasteiger partial charge >= 0.3 is 0 Å². The minimum atomic E-state index is 0.403. The quantitative estimate of drug-likeness (QED) is 0.845. The molecular weight excluding hydrogens is 232 g/mol. The highest BCUT2D eigenvalue weighted by Crippen LogP contribution is 2.30. The number of likely N-dealkylation sites (tertiary alicyclic amines) is 1. The standard InChI is InChI=1S/C17H28N2/c1-4-17(2,13-18-3)14-19-11-10-16(12-19)15-8-6-5-7-9-15/h5-9,16,18H,4,10-14H2,1-3H3. The molecule has 2 rings (SSSR count). The van der Waals surface area contributed by atoms with Crippen LogP contribution in [0.2, 0.25) is 0 Å². The van der Waals surface area contributed by atoms with Crippen LogP contribution in [-0.2, 0) is 0 Å². The van der Waals surface area contributed by atoms with Gasteiger partial charge in [-0.25, -0.2) is 0 Å². The lowest BCUT2D eigenvalue weighted by Gasteiger charge is -2.33. The first-order chi connectivity index (χ1) is 9.17. The molecule has 1 aromatic rings. The molecule has 0 aliphatic carbocycles. The summed E-state index contributed by atoms with van der Waals surface area (Å²) in [6, 6.07) is 11.0. The fourth-order valence-corrected chi connectivity index (χ4v) is 3.23. The van der Waals surface area contributed by atoms with Crippen molar-refractivity contribution >= 4 is 0 Å². The highest BCUT2D eigenvalue weighted by atomic mass is 15.2. The van der Waals surface area contributed by atoms with E-state index in [9.17, 15) is 0 Å². The second-order valence-corrected chi connectivity index (χ2v) is 6.33. The average molecular weight is 260 g/mol. The Morgan fingerprint density at radius 1 is 1.32 bits per heavy atom. The highest BCUT2D eigenvalue weighted by molar-refractivity contribution is 5.21. The van der Waals surface area contributed by atoms with E-state index in [0.29, 0.717) is 5.41 Å². The number of nitrogens with one attached hydrogen (secondary N) is 1. The van der Waals surface area contributed by atoms with Gasteiger partial charge in [0.05, 0.1) is 0 Å². The fraction of sp³-hybridized carbons (Fsp3) is 0.647. The van der Waals surface area contributed by atoms with Crippen LogP contribution in [0.25, 0.3) is 0 Å². The Morgan fingerprint density at radius 3 is 2.68 bits per heavy atom. The maximum atomic E-state index is 3.35. The SMILES string of the molecule is CCC(C)(CNC)CN1CCC(c2ccccc2)C1. The van der Waals surface area contributed by atoms with Gasteiger partial charge < -0.3 is 10.2 Å². The second kappa shape index (κ2) is 6.53. The van der Waals surface area contributed by atoms with Crippen molar-refractivity contribution in [3.8, 4) is 0 Å². The Balaban J connectivity index is 1.92. The van der Waals surface area contributed by atoms with Crippen LogP contribution in [0, 0.1) is 5.41 Å². The van der Waals surface area contributed by atoms with E-state index in [4.69, 9.17) is 0 Å². The molecule has 1 heterocycles. The molecule has 0 aromatic heterocycles. The minimum Gasteiger partial charge on any atom is -0.319 e. The summed E-state index contributed by atoms with van der Waals surface area (Å²) < 4.78 is 0. The molecule has 0 spiro atoms. The molecule has 1 fully saturated rings. The molecule has 0 amide bonds. The third-order valence-corrected chi connectivity index (χ3v) is 4.61. The second-order valence-electron chi connectivity index (χ2n) is 6.33. The monoisotopic (exact) mass is 260 g/mol. The maximum absolute atomic E-state index is 3.35. The molecule has 106 valence electrons. The lowest BCUT2D eigenvalue weighted by atomic mass is 9.87. The smallest absolute Gasteiger partial charge is 0.00510 e. The molecule has 2 atom stereocenters. The van der Waals surface area contributed by atoms with Gasteiger partial charge in [0.1, 0.15) is 0 Å². The zero-order valence-corrected chi connectivity index (χ0v) is 12.7. The van der Waals surface area contributed by atoms with E-state index >= 15 is 0 Å². The number of nitrogens with zero attached hydrogens (tertiary/aromatic N) is 1. The summed E-state index contributed by atoms with van der Waals surface area (Å²) in [5.74, 6) is 0.733. The third-order valence-electron chi connectivity index (χ3n) is 4.61. The van der Waals surface area contributed by atoms with Crippen LogP contribution in [0.4, 0.5) is 0 Å². The summed E-state index contributed by atoms with van der Waals surface area (Å²) in [5, 5.41) is 3.35. The first-order valence-electron chi connectivity index (χ1n) is 7.59. The molecule has 1 aromatic carbocycles. The summed E-state index contributed by atoms with van der Waals surface area (Å²) in [4.78, 5) is 2.65.